The van der Waals surface area contributed by atoms with E-state index in [0.29, 0.717) is 23.6 Å². The molecule has 1 amide bonds. The topological polar surface area (TPSA) is 47.6 Å². The van der Waals surface area contributed by atoms with Gasteiger partial charge in [-0.05, 0) is 42.5 Å². The lowest BCUT2D eigenvalue weighted by Gasteiger charge is -2.19. The molecule has 4 heteroatoms. The summed E-state index contributed by atoms with van der Waals surface area (Å²) in [7, 11) is 1.59. The highest BCUT2D eigenvalue weighted by molar-refractivity contribution is 5.96. The van der Waals surface area contributed by atoms with Crippen LogP contribution in [0.25, 0.3) is 10.8 Å². The van der Waals surface area contributed by atoms with E-state index in [4.69, 9.17) is 9.47 Å². The van der Waals surface area contributed by atoms with Crippen molar-refractivity contribution in [3.05, 3.63) is 66.2 Å². The van der Waals surface area contributed by atoms with Crippen LogP contribution < -0.4 is 14.8 Å². The van der Waals surface area contributed by atoms with E-state index in [-0.39, 0.29) is 5.91 Å². The van der Waals surface area contributed by atoms with Gasteiger partial charge in [-0.3, -0.25) is 4.79 Å². The third-order valence-electron chi connectivity index (χ3n) is 4.29. The van der Waals surface area contributed by atoms with Crippen molar-refractivity contribution < 1.29 is 14.3 Å². The van der Waals surface area contributed by atoms with Gasteiger partial charge in [-0.25, -0.2) is 0 Å². The summed E-state index contributed by atoms with van der Waals surface area (Å²) in [5.41, 5.74) is 1.70. The number of fused-ring (bicyclic) bond motifs is 1. The van der Waals surface area contributed by atoms with Crippen LogP contribution in [0.3, 0.4) is 0 Å². The molecular weight excluding hydrogens is 326 g/mol. The first-order chi connectivity index (χ1) is 12.6. The van der Waals surface area contributed by atoms with Crippen LogP contribution in [0.4, 0.5) is 5.69 Å². The maximum absolute atomic E-state index is 12.8. The number of methoxy groups -OCH3 is 1. The van der Waals surface area contributed by atoms with Crippen LogP contribution in [0.2, 0.25) is 0 Å². The van der Waals surface area contributed by atoms with Gasteiger partial charge >= 0.3 is 0 Å². The maximum Gasteiger partial charge on any atom is 0.265 e. The third kappa shape index (κ3) is 3.80. The molecule has 0 aromatic heterocycles. The molecule has 0 aliphatic rings. The monoisotopic (exact) mass is 349 g/mol. The summed E-state index contributed by atoms with van der Waals surface area (Å²) < 4.78 is 11.4. The molecule has 1 atom stereocenters. The number of ether oxygens (including phenoxy) is 2. The number of nitrogens with one attached hydrogen (secondary N) is 1. The van der Waals surface area contributed by atoms with Crippen molar-refractivity contribution in [3.63, 3.8) is 0 Å². The fraction of sp³-hybridized carbons (Fsp3) is 0.227. The lowest BCUT2D eigenvalue weighted by molar-refractivity contribution is -0.122. The molecule has 134 valence electrons. The molecule has 0 spiro atoms. The molecule has 26 heavy (non-hydrogen) atoms. The standard InChI is InChI=1S/C22H23NO3/c1-4-19(22(24)23-18-14-15(2)12-13-21(18)25-3)26-20-11-7-9-16-8-5-6-10-17(16)20/h5-14,19H,4H2,1-3H3,(H,23,24). The molecule has 4 nitrogen and oxygen atoms in total. The fourth-order valence-electron chi connectivity index (χ4n) is 2.91. The smallest absolute Gasteiger partial charge is 0.265 e. The molecule has 0 radical (unpaired) electrons. The number of benzene rings is 3. The Labute approximate surface area is 153 Å². The van der Waals surface area contributed by atoms with Crippen LogP contribution in [0, 0.1) is 6.92 Å². The fourth-order valence-corrected chi connectivity index (χ4v) is 2.91. The SMILES string of the molecule is CCC(Oc1cccc2ccccc12)C(=O)Nc1cc(C)ccc1OC. The normalized spacial score (nSPS) is 11.8. The minimum absolute atomic E-state index is 0.190. The van der Waals surface area contributed by atoms with Gasteiger partial charge in [0.25, 0.3) is 5.91 Å². The van der Waals surface area contributed by atoms with Crippen LogP contribution in [-0.2, 0) is 4.79 Å². The summed E-state index contributed by atoms with van der Waals surface area (Å²) in [6, 6.07) is 19.5. The quantitative estimate of drug-likeness (QED) is 0.685. The Morgan fingerprint density at radius 3 is 2.58 bits per heavy atom. The van der Waals surface area contributed by atoms with Crippen LogP contribution >= 0.6 is 0 Å². The zero-order valence-corrected chi connectivity index (χ0v) is 15.3. The second-order valence-electron chi connectivity index (χ2n) is 6.19. The molecule has 0 saturated heterocycles. The largest absolute Gasteiger partial charge is 0.495 e. The van der Waals surface area contributed by atoms with Gasteiger partial charge in [-0.1, -0.05) is 49.4 Å². The van der Waals surface area contributed by atoms with Crippen molar-refractivity contribution in [1.82, 2.24) is 0 Å². The van der Waals surface area contributed by atoms with Crippen molar-refractivity contribution in [3.8, 4) is 11.5 Å². The third-order valence-corrected chi connectivity index (χ3v) is 4.29. The Morgan fingerprint density at radius 2 is 1.81 bits per heavy atom. The van der Waals surface area contributed by atoms with E-state index in [1.54, 1.807) is 7.11 Å². The average Bonchev–Trinajstić information content (AvgIpc) is 2.66. The number of aryl methyl sites for hydroxylation is 1. The van der Waals surface area contributed by atoms with E-state index in [9.17, 15) is 4.79 Å². The lowest BCUT2D eigenvalue weighted by Crippen LogP contribution is -2.32. The first kappa shape index (κ1) is 17.8. The molecule has 0 aliphatic carbocycles. The van der Waals surface area contributed by atoms with Gasteiger partial charge in [0.05, 0.1) is 12.8 Å². The summed E-state index contributed by atoms with van der Waals surface area (Å²) in [5, 5.41) is 5.01. The van der Waals surface area contributed by atoms with E-state index in [1.165, 1.54) is 0 Å². The summed E-state index contributed by atoms with van der Waals surface area (Å²) >= 11 is 0. The number of hydrogen-bond acceptors (Lipinski definition) is 3. The van der Waals surface area contributed by atoms with Gasteiger partial charge in [0.2, 0.25) is 0 Å². The number of rotatable bonds is 6. The Balaban J connectivity index is 1.82. The van der Waals surface area contributed by atoms with Gasteiger partial charge < -0.3 is 14.8 Å². The van der Waals surface area contributed by atoms with Crippen molar-refractivity contribution in [2.24, 2.45) is 0 Å². The van der Waals surface area contributed by atoms with Crippen molar-refractivity contribution in [2.45, 2.75) is 26.4 Å². The highest BCUT2D eigenvalue weighted by Crippen LogP contribution is 2.28. The zero-order chi connectivity index (χ0) is 18.5. The molecule has 0 aliphatic heterocycles. The number of anilines is 1. The number of carbonyl (C=O) groups excluding carboxylic acids is 1. The predicted octanol–water partition coefficient (Wildman–Crippen LogP) is 4.95. The second kappa shape index (κ2) is 7.91. The van der Waals surface area contributed by atoms with Crippen LogP contribution in [0.5, 0.6) is 11.5 Å². The molecule has 3 rings (SSSR count). The molecular formula is C22H23NO3. The van der Waals surface area contributed by atoms with Gasteiger partial charge in [-0.15, -0.1) is 0 Å². The number of hydrogen-bond donors (Lipinski definition) is 1. The van der Waals surface area contributed by atoms with Crippen LogP contribution in [0.15, 0.2) is 60.7 Å². The number of carbonyl (C=O) groups is 1. The molecule has 0 heterocycles. The summed E-state index contributed by atoms with van der Waals surface area (Å²) in [5.74, 6) is 1.15. The van der Waals surface area contributed by atoms with Gasteiger partial charge in [0.1, 0.15) is 11.5 Å². The predicted molar refractivity (Wildman–Crippen MR) is 105 cm³/mol. The Bertz CT molecular complexity index is 915. The van der Waals surface area contributed by atoms with Crippen molar-refractivity contribution >= 4 is 22.4 Å². The number of amides is 1. The molecule has 0 bridgehead atoms. The summed E-state index contributed by atoms with van der Waals surface area (Å²) in [6.45, 7) is 3.90. The minimum Gasteiger partial charge on any atom is -0.495 e. The van der Waals surface area contributed by atoms with Crippen LogP contribution in [-0.4, -0.2) is 19.1 Å². The van der Waals surface area contributed by atoms with E-state index < -0.39 is 6.10 Å². The maximum atomic E-state index is 12.8. The molecule has 1 unspecified atom stereocenters. The Morgan fingerprint density at radius 1 is 1.04 bits per heavy atom. The first-order valence-corrected chi connectivity index (χ1v) is 8.72. The molecule has 3 aromatic rings. The summed E-state index contributed by atoms with van der Waals surface area (Å²) in [6.07, 6.45) is -0.0329. The van der Waals surface area contributed by atoms with Gasteiger partial charge in [-0.2, -0.15) is 0 Å². The molecule has 0 saturated carbocycles. The average molecular weight is 349 g/mol. The highest BCUT2D eigenvalue weighted by atomic mass is 16.5. The van der Waals surface area contributed by atoms with E-state index in [2.05, 4.69) is 5.32 Å². The first-order valence-electron chi connectivity index (χ1n) is 8.72. The Hall–Kier alpha value is -3.01. The lowest BCUT2D eigenvalue weighted by atomic mass is 10.1. The van der Waals surface area contributed by atoms with Gasteiger partial charge in [0.15, 0.2) is 6.10 Å². The Kier molecular flexibility index (Phi) is 5.42. The second-order valence-corrected chi connectivity index (χ2v) is 6.19. The highest BCUT2D eigenvalue weighted by Gasteiger charge is 2.20. The molecule has 3 aromatic carbocycles. The van der Waals surface area contributed by atoms with E-state index >= 15 is 0 Å². The van der Waals surface area contributed by atoms with Gasteiger partial charge in [0, 0.05) is 5.39 Å². The minimum atomic E-state index is -0.592. The van der Waals surface area contributed by atoms with Crippen molar-refractivity contribution in [2.75, 3.05) is 12.4 Å². The van der Waals surface area contributed by atoms with E-state index in [1.807, 2.05) is 74.5 Å². The summed E-state index contributed by atoms with van der Waals surface area (Å²) in [4.78, 5) is 12.8. The molecule has 1 N–H and O–H groups in total. The van der Waals surface area contributed by atoms with E-state index in [0.717, 1.165) is 16.3 Å². The zero-order valence-electron chi connectivity index (χ0n) is 15.3. The van der Waals surface area contributed by atoms with Crippen LogP contribution in [0.1, 0.15) is 18.9 Å². The molecule has 0 fully saturated rings. The van der Waals surface area contributed by atoms with Crippen molar-refractivity contribution in [1.29, 1.82) is 0 Å².